The van der Waals surface area contributed by atoms with Crippen LogP contribution in [0.1, 0.15) is 51.1 Å². The number of nitrogen functional groups attached to an aromatic ring is 1. The van der Waals surface area contributed by atoms with Crippen LogP contribution in [-0.4, -0.2) is 17.5 Å². The van der Waals surface area contributed by atoms with E-state index in [4.69, 9.17) is 5.73 Å². The molecule has 2 rings (SSSR count). The van der Waals surface area contributed by atoms with Gasteiger partial charge in [0, 0.05) is 17.8 Å². The summed E-state index contributed by atoms with van der Waals surface area (Å²) in [7, 11) is 0. The molecule has 1 unspecified atom stereocenters. The number of unbranched alkanes of at least 4 members (excludes halogenated alkanes) is 1. The highest BCUT2D eigenvalue weighted by atomic mass is 15.2. The molecule has 94 valence electrons. The van der Waals surface area contributed by atoms with Gasteiger partial charge in [0.25, 0.3) is 0 Å². The average Bonchev–Trinajstić information content (AvgIpc) is 3.14. The molecule has 1 aliphatic rings. The normalized spacial score (nSPS) is 17.4. The van der Waals surface area contributed by atoms with Crippen molar-refractivity contribution in [2.45, 2.75) is 51.6 Å². The van der Waals surface area contributed by atoms with Crippen LogP contribution in [0.2, 0.25) is 0 Å². The lowest BCUT2D eigenvalue weighted by Gasteiger charge is -2.29. The predicted octanol–water partition coefficient (Wildman–Crippen LogP) is 3.59. The Kier molecular flexibility index (Phi) is 4.06. The molecular weight excluding hydrogens is 208 g/mol. The number of nitrogens with zero attached hydrogens (tertiary/aromatic N) is 1. The van der Waals surface area contributed by atoms with Crippen LogP contribution >= 0.6 is 0 Å². The van der Waals surface area contributed by atoms with Gasteiger partial charge in [-0.2, -0.15) is 0 Å². The Bertz CT molecular complexity index is 340. The van der Waals surface area contributed by atoms with E-state index >= 15 is 0 Å². The van der Waals surface area contributed by atoms with E-state index in [9.17, 15) is 0 Å². The Labute approximate surface area is 105 Å². The summed E-state index contributed by atoms with van der Waals surface area (Å²) >= 11 is 0. The Morgan fingerprint density at radius 2 is 1.94 bits per heavy atom. The lowest BCUT2D eigenvalue weighted by Crippen LogP contribution is -2.30. The highest BCUT2D eigenvalue weighted by molar-refractivity contribution is 5.40. The molecule has 0 aliphatic heterocycles. The second kappa shape index (κ2) is 5.54. The van der Waals surface area contributed by atoms with E-state index in [2.05, 4.69) is 30.9 Å². The SMILES string of the molecule is CCCCN(C1CC1)C(C)c1ccc(N)cc1. The number of anilines is 1. The quantitative estimate of drug-likeness (QED) is 0.759. The van der Waals surface area contributed by atoms with Crippen molar-refractivity contribution in [3.63, 3.8) is 0 Å². The topological polar surface area (TPSA) is 29.3 Å². The zero-order valence-electron chi connectivity index (χ0n) is 11.0. The molecule has 0 heterocycles. The van der Waals surface area contributed by atoms with Crippen LogP contribution in [0, 0.1) is 0 Å². The zero-order chi connectivity index (χ0) is 12.3. The Balaban J connectivity index is 2.04. The first-order chi connectivity index (χ1) is 8.22. The van der Waals surface area contributed by atoms with E-state index in [0.717, 1.165) is 11.7 Å². The van der Waals surface area contributed by atoms with Crippen LogP contribution in [0.15, 0.2) is 24.3 Å². The molecule has 1 aromatic carbocycles. The van der Waals surface area contributed by atoms with Gasteiger partial charge in [-0.25, -0.2) is 0 Å². The molecule has 1 aliphatic carbocycles. The van der Waals surface area contributed by atoms with E-state index < -0.39 is 0 Å². The van der Waals surface area contributed by atoms with E-state index in [-0.39, 0.29) is 0 Å². The lowest BCUT2D eigenvalue weighted by molar-refractivity contribution is 0.197. The maximum absolute atomic E-state index is 5.74. The van der Waals surface area contributed by atoms with Crippen LogP contribution in [0.5, 0.6) is 0 Å². The van der Waals surface area contributed by atoms with Gasteiger partial charge in [0.05, 0.1) is 0 Å². The number of hydrogen-bond donors (Lipinski definition) is 1. The minimum Gasteiger partial charge on any atom is -0.399 e. The molecule has 2 heteroatoms. The van der Waals surface area contributed by atoms with Gasteiger partial charge in [-0.1, -0.05) is 25.5 Å². The van der Waals surface area contributed by atoms with Crippen molar-refractivity contribution in [1.82, 2.24) is 4.90 Å². The fourth-order valence-corrected chi connectivity index (χ4v) is 2.41. The zero-order valence-corrected chi connectivity index (χ0v) is 11.0. The third-order valence-corrected chi connectivity index (χ3v) is 3.70. The average molecular weight is 232 g/mol. The van der Waals surface area contributed by atoms with Crippen LogP contribution in [0.3, 0.4) is 0 Å². The minimum atomic E-state index is 0.523. The van der Waals surface area contributed by atoms with Crippen molar-refractivity contribution in [3.05, 3.63) is 29.8 Å². The second-order valence-corrected chi connectivity index (χ2v) is 5.17. The van der Waals surface area contributed by atoms with Gasteiger partial charge in [0.1, 0.15) is 0 Å². The van der Waals surface area contributed by atoms with E-state index in [1.807, 2.05) is 12.1 Å². The smallest absolute Gasteiger partial charge is 0.0322 e. The second-order valence-electron chi connectivity index (χ2n) is 5.17. The standard InChI is InChI=1S/C15H24N2/c1-3-4-11-17(15-9-10-15)12(2)13-5-7-14(16)8-6-13/h5-8,12,15H,3-4,9-11,16H2,1-2H3. The van der Waals surface area contributed by atoms with Gasteiger partial charge in [-0.3, -0.25) is 4.90 Å². The highest BCUT2D eigenvalue weighted by Crippen LogP contribution is 2.34. The number of hydrogen-bond acceptors (Lipinski definition) is 2. The van der Waals surface area contributed by atoms with Crippen molar-refractivity contribution >= 4 is 5.69 Å². The van der Waals surface area contributed by atoms with Gasteiger partial charge in [0.2, 0.25) is 0 Å². The molecule has 0 radical (unpaired) electrons. The maximum Gasteiger partial charge on any atom is 0.0322 e. The number of rotatable bonds is 6. The fraction of sp³-hybridized carbons (Fsp3) is 0.600. The monoisotopic (exact) mass is 232 g/mol. The largest absolute Gasteiger partial charge is 0.399 e. The molecule has 1 atom stereocenters. The van der Waals surface area contributed by atoms with Crippen molar-refractivity contribution in [3.8, 4) is 0 Å². The molecule has 1 fully saturated rings. The van der Waals surface area contributed by atoms with Gasteiger partial charge in [-0.15, -0.1) is 0 Å². The Hall–Kier alpha value is -1.02. The molecule has 0 saturated heterocycles. The van der Waals surface area contributed by atoms with E-state index in [1.165, 1.54) is 37.8 Å². The third kappa shape index (κ3) is 3.22. The first-order valence-corrected chi connectivity index (χ1v) is 6.83. The summed E-state index contributed by atoms with van der Waals surface area (Å²) in [6.45, 7) is 5.81. The minimum absolute atomic E-state index is 0.523. The molecule has 1 aromatic rings. The van der Waals surface area contributed by atoms with E-state index in [0.29, 0.717) is 6.04 Å². The molecule has 1 saturated carbocycles. The summed E-state index contributed by atoms with van der Waals surface area (Å²) in [4.78, 5) is 2.66. The summed E-state index contributed by atoms with van der Waals surface area (Å²) < 4.78 is 0. The number of benzene rings is 1. The summed E-state index contributed by atoms with van der Waals surface area (Å²) in [5.41, 5.74) is 7.99. The molecule has 2 N–H and O–H groups in total. The third-order valence-electron chi connectivity index (χ3n) is 3.70. The van der Waals surface area contributed by atoms with Crippen LogP contribution in [-0.2, 0) is 0 Å². The fourth-order valence-electron chi connectivity index (χ4n) is 2.41. The molecule has 0 aromatic heterocycles. The van der Waals surface area contributed by atoms with Crippen LogP contribution in [0.4, 0.5) is 5.69 Å². The first-order valence-electron chi connectivity index (χ1n) is 6.83. The predicted molar refractivity (Wildman–Crippen MR) is 73.9 cm³/mol. The molecular formula is C15H24N2. The molecule has 17 heavy (non-hydrogen) atoms. The molecule has 0 bridgehead atoms. The van der Waals surface area contributed by atoms with Crippen molar-refractivity contribution < 1.29 is 0 Å². The van der Waals surface area contributed by atoms with E-state index in [1.54, 1.807) is 0 Å². The molecule has 0 spiro atoms. The van der Waals surface area contributed by atoms with Crippen molar-refractivity contribution in [2.24, 2.45) is 0 Å². The molecule has 2 nitrogen and oxygen atoms in total. The summed E-state index contributed by atoms with van der Waals surface area (Å²) in [5, 5.41) is 0. The van der Waals surface area contributed by atoms with Gasteiger partial charge >= 0.3 is 0 Å². The highest BCUT2D eigenvalue weighted by Gasteiger charge is 2.31. The summed E-state index contributed by atoms with van der Waals surface area (Å²) in [5.74, 6) is 0. The molecule has 0 amide bonds. The van der Waals surface area contributed by atoms with Gasteiger partial charge in [-0.05, 0) is 50.4 Å². The van der Waals surface area contributed by atoms with Crippen LogP contribution < -0.4 is 5.73 Å². The first kappa shape index (κ1) is 12.4. The summed E-state index contributed by atoms with van der Waals surface area (Å²) in [6, 6.07) is 9.71. The van der Waals surface area contributed by atoms with Crippen LogP contribution in [0.25, 0.3) is 0 Å². The number of nitrogens with two attached hydrogens (primary N) is 1. The van der Waals surface area contributed by atoms with Crippen molar-refractivity contribution in [1.29, 1.82) is 0 Å². The van der Waals surface area contributed by atoms with Crippen molar-refractivity contribution in [2.75, 3.05) is 12.3 Å². The summed E-state index contributed by atoms with van der Waals surface area (Å²) in [6.07, 6.45) is 5.33. The Morgan fingerprint density at radius 1 is 1.29 bits per heavy atom. The van der Waals surface area contributed by atoms with Gasteiger partial charge in [0.15, 0.2) is 0 Å². The van der Waals surface area contributed by atoms with Gasteiger partial charge < -0.3 is 5.73 Å². The maximum atomic E-state index is 5.74. The Morgan fingerprint density at radius 3 is 2.47 bits per heavy atom. The lowest BCUT2D eigenvalue weighted by atomic mass is 10.1.